The fraction of sp³-hybridized carbons (Fsp3) is 0. The standard InChI is InChI=1S/C2H3N3S.Na/c6-2-1-3-5-4-2;/h1H,(H2,3,4,5,6);/q;+1. The summed E-state index contributed by atoms with van der Waals surface area (Å²) < 4.78 is 0.634. The van der Waals surface area contributed by atoms with Gasteiger partial charge in [-0.3, -0.25) is 5.10 Å². The molecule has 5 heteroatoms. The zero-order chi connectivity index (χ0) is 4.41. The van der Waals surface area contributed by atoms with Gasteiger partial charge in [0, 0.05) is 0 Å². The van der Waals surface area contributed by atoms with E-state index < -0.39 is 0 Å². The summed E-state index contributed by atoms with van der Waals surface area (Å²) in [5.74, 6) is 0. The number of aromatic amines is 2. The first-order chi connectivity index (χ1) is 2.89. The molecule has 2 N–H and O–H groups in total. The topological polar surface area (TPSA) is 44.5 Å². The van der Waals surface area contributed by atoms with E-state index in [0.29, 0.717) is 4.64 Å². The van der Waals surface area contributed by atoms with Crippen molar-refractivity contribution in [3.63, 3.8) is 0 Å². The number of hydrogen-bond acceptors (Lipinski definition) is 2. The molecule has 0 aliphatic carbocycles. The first-order valence-electron chi connectivity index (χ1n) is 1.47. The smallest absolute Gasteiger partial charge is 0.273 e. The number of H-pyrrole nitrogens is 2. The minimum absolute atomic E-state index is 0. The third-order valence-corrected chi connectivity index (χ3v) is 0.633. The van der Waals surface area contributed by atoms with Crippen LogP contribution in [0, 0.1) is 4.64 Å². The van der Waals surface area contributed by atoms with E-state index in [1.165, 1.54) is 6.20 Å². The van der Waals surface area contributed by atoms with E-state index in [4.69, 9.17) is 0 Å². The zero-order valence-corrected chi connectivity index (χ0v) is 6.75. The van der Waals surface area contributed by atoms with Gasteiger partial charge in [0.25, 0.3) is 0 Å². The molecule has 0 saturated heterocycles. The summed E-state index contributed by atoms with van der Waals surface area (Å²) >= 11 is 4.60. The van der Waals surface area contributed by atoms with Crippen LogP contribution in [0.3, 0.4) is 0 Å². The van der Waals surface area contributed by atoms with Crippen LogP contribution in [-0.4, -0.2) is 15.4 Å². The Kier molecular flexibility index (Phi) is 3.55. The maximum Gasteiger partial charge on any atom is 1.00 e. The molecular formula is C2H3N3NaS+. The number of nitrogens with zero attached hydrogens (tertiary/aromatic N) is 1. The van der Waals surface area contributed by atoms with Crippen LogP contribution in [0.5, 0.6) is 0 Å². The maximum absolute atomic E-state index is 4.60. The molecule has 3 nitrogen and oxygen atoms in total. The SMILES string of the molecule is S=c1cn[nH][nH]1.[Na+]. The van der Waals surface area contributed by atoms with Crippen molar-refractivity contribution in [3.05, 3.63) is 10.8 Å². The van der Waals surface area contributed by atoms with E-state index in [0.717, 1.165) is 0 Å². The molecule has 0 radical (unpaired) electrons. The second-order valence-corrected chi connectivity index (χ2v) is 1.30. The number of rotatable bonds is 0. The molecule has 0 fully saturated rings. The van der Waals surface area contributed by atoms with Gasteiger partial charge in [-0.1, -0.05) is 12.2 Å². The molecule has 1 rings (SSSR count). The third kappa shape index (κ3) is 2.23. The van der Waals surface area contributed by atoms with Crippen molar-refractivity contribution >= 4 is 12.2 Å². The predicted molar refractivity (Wildman–Crippen MR) is 23.8 cm³/mol. The second-order valence-electron chi connectivity index (χ2n) is 0.859. The zero-order valence-electron chi connectivity index (χ0n) is 3.93. The molecule has 0 saturated carbocycles. The monoisotopic (exact) mass is 124 g/mol. The molecule has 1 aromatic heterocycles. The summed E-state index contributed by atoms with van der Waals surface area (Å²) in [4.78, 5) is 0. The molecule has 1 aromatic rings. The van der Waals surface area contributed by atoms with Crippen LogP contribution < -0.4 is 29.6 Å². The Labute approximate surface area is 67.8 Å². The largest absolute Gasteiger partial charge is 1.00 e. The van der Waals surface area contributed by atoms with E-state index in [1.807, 2.05) is 0 Å². The maximum atomic E-state index is 4.60. The van der Waals surface area contributed by atoms with E-state index in [9.17, 15) is 0 Å². The minimum atomic E-state index is 0. The van der Waals surface area contributed by atoms with Crippen molar-refractivity contribution in [2.24, 2.45) is 0 Å². The van der Waals surface area contributed by atoms with Gasteiger partial charge in [-0.05, 0) is 0 Å². The van der Waals surface area contributed by atoms with Crippen LogP contribution in [0.1, 0.15) is 0 Å². The van der Waals surface area contributed by atoms with Gasteiger partial charge in [-0.25, -0.2) is 5.21 Å². The molecular weight excluding hydrogens is 121 g/mol. The van der Waals surface area contributed by atoms with Crippen molar-refractivity contribution < 1.29 is 29.6 Å². The molecule has 1 heterocycles. The van der Waals surface area contributed by atoms with Crippen LogP contribution in [0.2, 0.25) is 0 Å². The molecule has 0 amide bonds. The van der Waals surface area contributed by atoms with Gasteiger partial charge >= 0.3 is 29.6 Å². The molecule has 0 aliphatic rings. The van der Waals surface area contributed by atoms with Crippen molar-refractivity contribution in [1.29, 1.82) is 0 Å². The minimum Gasteiger partial charge on any atom is -0.273 e. The first-order valence-corrected chi connectivity index (χ1v) is 1.88. The average molecular weight is 124 g/mol. The van der Waals surface area contributed by atoms with Crippen LogP contribution in [0.4, 0.5) is 0 Å². The Morgan fingerprint density at radius 3 is 2.57 bits per heavy atom. The Balaban J connectivity index is 0.000000360. The fourth-order valence-corrected chi connectivity index (χ4v) is 0.309. The summed E-state index contributed by atoms with van der Waals surface area (Å²) in [5.41, 5.74) is 0. The molecule has 7 heavy (non-hydrogen) atoms. The Morgan fingerprint density at radius 1 is 1.71 bits per heavy atom. The number of hydrogen-bond donors (Lipinski definition) is 2. The first kappa shape index (κ1) is 7.36. The van der Waals surface area contributed by atoms with E-state index in [-0.39, 0.29) is 29.6 Å². The summed E-state index contributed by atoms with van der Waals surface area (Å²) in [6.07, 6.45) is 1.54. The molecule has 0 spiro atoms. The number of aromatic nitrogens is 3. The van der Waals surface area contributed by atoms with E-state index in [1.54, 1.807) is 0 Å². The van der Waals surface area contributed by atoms with Gasteiger partial charge in [-0.15, -0.1) is 0 Å². The van der Waals surface area contributed by atoms with Gasteiger partial charge in [0.2, 0.25) is 0 Å². The third-order valence-electron chi connectivity index (χ3n) is 0.425. The number of nitrogens with one attached hydrogen (secondary N) is 2. The summed E-state index contributed by atoms with van der Waals surface area (Å²) in [6.45, 7) is 0. The van der Waals surface area contributed by atoms with Crippen molar-refractivity contribution in [1.82, 2.24) is 15.4 Å². The van der Waals surface area contributed by atoms with Crippen molar-refractivity contribution in [2.45, 2.75) is 0 Å². The van der Waals surface area contributed by atoms with Crippen LogP contribution in [0.15, 0.2) is 6.20 Å². The summed E-state index contributed by atoms with van der Waals surface area (Å²) in [6, 6.07) is 0. The van der Waals surface area contributed by atoms with Crippen molar-refractivity contribution in [2.75, 3.05) is 0 Å². The second kappa shape index (κ2) is 3.37. The van der Waals surface area contributed by atoms with Gasteiger partial charge < -0.3 is 0 Å². The van der Waals surface area contributed by atoms with Gasteiger partial charge in [0.1, 0.15) is 4.64 Å². The predicted octanol–water partition coefficient (Wildman–Crippen LogP) is -2.53. The van der Waals surface area contributed by atoms with E-state index in [2.05, 4.69) is 27.6 Å². The van der Waals surface area contributed by atoms with Crippen molar-refractivity contribution in [3.8, 4) is 0 Å². The quantitative estimate of drug-likeness (QED) is 0.296. The Morgan fingerprint density at radius 2 is 2.43 bits per heavy atom. The molecule has 0 atom stereocenters. The molecule has 0 bridgehead atoms. The van der Waals surface area contributed by atoms with E-state index >= 15 is 0 Å². The van der Waals surface area contributed by atoms with Gasteiger partial charge in [-0.2, -0.15) is 5.10 Å². The van der Waals surface area contributed by atoms with Gasteiger partial charge in [0.15, 0.2) is 0 Å². The molecule has 0 unspecified atom stereocenters. The summed E-state index contributed by atoms with van der Waals surface area (Å²) in [5, 5.41) is 8.57. The molecule has 0 aliphatic heterocycles. The summed E-state index contributed by atoms with van der Waals surface area (Å²) in [7, 11) is 0. The van der Waals surface area contributed by atoms with Crippen LogP contribution in [0.25, 0.3) is 0 Å². The molecule has 0 aromatic carbocycles. The Hall–Kier alpha value is 0.360. The molecule has 32 valence electrons. The normalized spacial score (nSPS) is 7.43. The van der Waals surface area contributed by atoms with Gasteiger partial charge in [0.05, 0.1) is 6.20 Å². The Bertz CT molecular complexity index is 151. The van der Waals surface area contributed by atoms with Crippen LogP contribution in [-0.2, 0) is 0 Å². The fourth-order valence-electron chi connectivity index (χ4n) is 0.211. The average Bonchev–Trinajstić information content (AvgIpc) is 1.86. The van der Waals surface area contributed by atoms with Crippen LogP contribution >= 0.6 is 12.2 Å².